The zero-order valence-electron chi connectivity index (χ0n) is 12.7. The number of benzene rings is 1. The van der Waals surface area contributed by atoms with Crippen molar-refractivity contribution in [1.82, 2.24) is 20.7 Å². The Balaban J connectivity index is 1.86. The van der Waals surface area contributed by atoms with Crippen LogP contribution in [0.25, 0.3) is 11.0 Å². The lowest BCUT2D eigenvalue weighted by molar-refractivity contribution is -0.418. The number of nitrogens with zero attached hydrogens (tertiary/aromatic N) is 3. The van der Waals surface area contributed by atoms with Crippen molar-refractivity contribution >= 4 is 17.4 Å². The van der Waals surface area contributed by atoms with Crippen LogP contribution in [0.1, 0.15) is 18.4 Å². The molecular weight excluding hydrogens is 276 g/mol. The van der Waals surface area contributed by atoms with Gasteiger partial charge in [-0.05, 0) is 30.9 Å². The number of rotatable bonds is 3. The van der Waals surface area contributed by atoms with Crippen LogP contribution < -0.4 is 11.1 Å². The van der Waals surface area contributed by atoms with E-state index in [9.17, 15) is 0 Å². The predicted molar refractivity (Wildman–Crippen MR) is 87.4 cm³/mol. The summed E-state index contributed by atoms with van der Waals surface area (Å²) in [6.07, 6.45) is 8.88. The van der Waals surface area contributed by atoms with E-state index in [1.165, 1.54) is 16.8 Å². The first-order valence-corrected chi connectivity index (χ1v) is 7.48. The van der Waals surface area contributed by atoms with E-state index in [1.54, 1.807) is 6.34 Å². The lowest BCUT2D eigenvalue weighted by Gasteiger charge is -2.20. The quantitative estimate of drug-likeness (QED) is 0.453. The second kappa shape index (κ2) is 6.43. The van der Waals surface area contributed by atoms with E-state index >= 15 is 0 Å². The smallest absolute Gasteiger partial charge is 0.234 e. The summed E-state index contributed by atoms with van der Waals surface area (Å²) < 4.78 is 1.88. The van der Waals surface area contributed by atoms with Gasteiger partial charge in [0.25, 0.3) is 0 Å². The minimum Gasteiger partial charge on any atom is -0.385 e. The molecule has 0 saturated carbocycles. The van der Waals surface area contributed by atoms with Crippen molar-refractivity contribution < 1.29 is 4.58 Å². The van der Waals surface area contributed by atoms with Crippen LogP contribution in [0.2, 0.25) is 0 Å². The lowest BCUT2D eigenvalue weighted by Crippen LogP contribution is -2.23. The van der Waals surface area contributed by atoms with Crippen molar-refractivity contribution in [3.05, 3.63) is 47.3 Å². The molecule has 1 aliphatic rings. The molecule has 1 aromatic carbocycles. The third kappa shape index (κ3) is 3.00. The predicted octanol–water partition coefficient (Wildman–Crippen LogP) is 1.28. The number of para-hydroxylation sites is 1. The van der Waals surface area contributed by atoms with E-state index in [-0.39, 0.29) is 0 Å². The summed E-state index contributed by atoms with van der Waals surface area (Å²) in [5.74, 6) is 0. The third-order valence-electron chi connectivity index (χ3n) is 3.84. The summed E-state index contributed by atoms with van der Waals surface area (Å²) >= 11 is 0. The monoisotopic (exact) mass is 297 g/mol. The van der Waals surface area contributed by atoms with Crippen molar-refractivity contribution in [3.63, 3.8) is 0 Å². The van der Waals surface area contributed by atoms with Crippen molar-refractivity contribution in [1.29, 1.82) is 0 Å². The second-order valence-electron chi connectivity index (χ2n) is 5.43. The molecule has 2 heterocycles. The average Bonchev–Trinajstić information content (AvgIpc) is 3.03. The van der Waals surface area contributed by atoms with E-state index in [4.69, 9.17) is 5.73 Å². The van der Waals surface area contributed by atoms with Crippen LogP contribution in [0.3, 0.4) is 0 Å². The fraction of sp³-hybridized carbons (Fsp3) is 0.312. The van der Waals surface area contributed by atoms with Crippen LogP contribution in [-0.4, -0.2) is 39.9 Å². The standard InChI is InChI=1S/C16H20N6/c1-22(11-17)10-13-5-3-9-18-14(13)8-7-12-4-2-6-15-16(12)20-21-19-15/h2,4,6,8,10-11,17-18H,3,5,7,9H2,1H3,(H,19,20,21)/p+1. The Kier molecular flexibility index (Phi) is 4.18. The molecule has 4 N–H and O–H groups in total. The van der Waals surface area contributed by atoms with Gasteiger partial charge in [0, 0.05) is 17.8 Å². The Morgan fingerprint density at radius 3 is 3.14 bits per heavy atom. The zero-order valence-corrected chi connectivity index (χ0v) is 12.7. The molecule has 2 aromatic rings. The van der Waals surface area contributed by atoms with Gasteiger partial charge in [-0.2, -0.15) is 15.4 Å². The minimum absolute atomic E-state index is 0.819. The number of hydrogen-bond donors (Lipinski definition) is 3. The highest BCUT2D eigenvalue weighted by Crippen LogP contribution is 2.20. The van der Waals surface area contributed by atoms with E-state index in [0.717, 1.165) is 36.8 Å². The molecule has 0 atom stereocenters. The van der Waals surface area contributed by atoms with E-state index in [2.05, 4.69) is 39.1 Å². The molecule has 0 radical (unpaired) electrons. The van der Waals surface area contributed by atoms with Gasteiger partial charge in [0.15, 0.2) is 0 Å². The highest BCUT2D eigenvalue weighted by molar-refractivity contribution is 5.77. The molecule has 3 rings (SSSR count). The first-order valence-electron chi connectivity index (χ1n) is 7.48. The molecule has 0 spiro atoms. The molecule has 6 nitrogen and oxygen atoms in total. The number of allylic oxidation sites excluding steroid dienone is 2. The first kappa shape index (κ1) is 14.3. The van der Waals surface area contributed by atoms with E-state index in [1.807, 2.05) is 23.8 Å². The number of H-pyrrole nitrogens is 1. The maximum absolute atomic E-state index is 5.55. The van der Waals surface area contributed by atoms with Gasteiger partial charge in [0.05, 0.1) is 13.2 Å². The molecule has 22 heavy (non-hydrogen) atoms. The molecule has 1 saturated heterocycles. The van der Waals surface area contributed by atoms with Crippen LogP contribution in [-0.2, 0) is 6.42 Å². The Hall–Kier alpha value is -2.63. The summed E-state index contributed by atoms with van der Waals surface area (Å²) in [7, 11) is 1.94. The van der Waals surface area contributed by atoms with Crippen LogP contribution >= 0.6 is 0 Å². The first-order chi connectivity index (χ1) is 10.8. The Morgan fingerprint density at radius 2 is 2.27 bits per heavy atom. The Bertz CT molecular complexity index is 753. The summed E-state index contributed by atoms with van der Waals surface area (Å²) in [5.41, 5.74) is 11.0. The maximum Gasteiger partial charge on any atom is 0.234 e. The van der Waals surface area contributed by atoms with Gasteiger partial charge in [-0.1, -0.05) is 18.2 Å². The summed E-state index contributed by atoms with van der Waals surface area (Å²) in [6, 6.07) is 6.07. The molecule has 1 fully saturated rings. The van der Waals surface area contributed by atoms with Crippen LogP contribution in [0, 0.1) is 0 Å². The van der Waals surface area contributed by atoms with E-state index in [0.29, 0.717) is 0 Å². The van der Waals surface area contributed by atoms with Gasteiger partial charge >= 0.3 is 0 Å². The molecule has 0 aliphatic carbocycles. The van der Waals surface area contributed by atoms with Crippen LogP contribution in [0.4, 0.5) is 0 Å². The summed E-state index contributed by atoms with van der Waals surface area (Å²) in [6.45, 7) is 1.01. The minimum atomic E-state index is 0.819. The molecule has 1 aliphatic heterocycles. The number of fused-ring (bicyclic) bond motifs is 1. The zero-order chi connectivity index (χ0) is 15.4. The molecule has 0 amide bonds. The number of nitrogens with two attached hydrogens (primary N) is 1. The van der Waals surface area contributed by atoms with E-state index < -0.39 is 0 Å². The molecule has 114 valence electrons. The SMILES string of the molecule is C[N+](C=C1CCCNC1=CCc1cccc2n[nH]nc12)=CN. The third-order valence-corrected chi connectivity index (χ3v) is 3.84. The number of hydrogen-bond acceptors (Lipinski definition) is 3. The van der Waals surface area contributed by atoms with Crippen molar-refractivity contribution in [3.8, 4) is 0 Å². The Labute approximate surface area is 129 Å². The largest absolute Gasteiger partial charge is 0.385 e. The number of piperidine rings is 1. The van der Waals surface area contributed by atoms with Crippen LogP contribution in [0.5, 0.6) is 0 Å². The fourth-order valence-electron chi connectivity index (χ4n) is 2.68. The van der Waals surface area contributed by atoms with Crippen molar-refractivity contribution in [2.45, 2.75) is 19.3 Å². The van der Waals surface area contributed by atoms with Gasteiger partial charge in [-0.25, -0.2) is 4.58 Å². The fourth-order valence-corrected chi connectivity index (χ4v) is 2.68. The molecular formula is C16H21N6+. The maximum atomic E-state index is 5.55. The molecule has 1 aromatic heterocycles. The molecule has 0 bridgehead atoms. The van der Waals surface area contributed by atoms with Crippen molar-refractivity contribution in [2.75, 3.05) is 13.6 Å². The number of aromatic amines is 1. The summed E-state index contributed by atoms with van der Waals surface area (Å²) in [4.78, 5) is 0. The molecule has 6 heteroatoms. The van der Waals surface area contributed by atoms with Gasteiger partial charge in [-0.3, -0.25) is 5.73 Å². The Morgan fingerprint density at radius 1 is 1.36 bits per heavy atom. The van der Waals surface area contributed by atoms with Crippen LogP contribution in [0.15, 0.2) is 41.7 Å². The number of aromatic nitrogens is 3. The van der Waals surface area contributed by atoms with Gasteiger partial charge in [-0.15, -0.1) is 0 Å². The highest BCUT2D eigenvalue weighted by atomic mass is 15.3. The van der Waals surface area contributed by atoms with Gasteiger partial charge < -0.3 is 5.32 Å². The topological polar surface area (TPSA) is 82.6 Å². The van der Waals surface area contributed by atoms with Gasteiger partial charge in [0.1, 0.15) is 11.0 Å². The molecule has 0 unspecified atom stereocenters. The van der Waals surface area contributed by atoms with Crippen molar-refractivity contribution in [2.24, 2.45) is 5.73 Å². The second-order valence-corrected chi connectivity index (χ2v) is 5.43. The lowest BCUT2D eigenvalue weighted by atomic mass is 10.0. The van der Waals surface area contributed by atoms with Gasteiger partial charge in [0.2, 0.25) is 6.34 Å². The highest BCUT2D eigenvalue weighted by Gasteiger charge is 2.12. The summed E-state index contributed by atoms with van der Waals surface area (Å²) in [5, 5.41) is 14.5. The normalized spacial score (nSPS) is 19.8. The average molecular weight is 297 g/mol. The number of nitrogens with one attached hydrogen (secondary N) is 2.